The molecule has 0 radical (unpaired) electrons. The highest BCUT2D eigenvalue weighted by Crippen LogP contribution is 2.88. The standard InChI is InChI=1S/C29H48O2/c1-18(7-10-24-25(3,4)31-24)20-11-13-27(6)23-9-8-21-19(2)22(30)12-14-28(21)17-29(23,28)16-15-26(20,27)5/h18-24,30H,7-17H2,1-6H3/t18-,19+,20-,21-,22+,23+,24-,26-,27+,28-,29+/m1/s1. The van der Waals surface area contributed by atoms with Gasteiger partial charge in [-0.15, -0.1) is 0 Å². The van der Waals surface area contributed by atoms with Crippen molar-refractivity contribution >= 4 is 0 Å². The number of hydrogen-bond acceptors (Lipinski definition) is 2. The first-order valence-electron chi connectivity index (χ1n) is 13.9. The fourth-order valence-electron chi connectivity index (χ4n) is 11.3. The zero-order valence-electron chi connectivity index (χ0n) is 21.2. The van der Waals surface area contributed by atoms with Crippen molar-refractivity contribution in [3.05, 3.63) is 0 Å². The van der Waals surface area contributed by atoms with Crippen molar-refractivity contribution in [1.82, 2.24) is 0 Å². The largest absolute Gasteiger partial charge is 0.393 e. The Kier molecular flexibility index (Phi) is 4.37. The second-order valence-corrected chi connectivity index (χ2v) is 14.4. The quantitative estimate of drug-likeness (QED) is 0.489. The van der Waals surface area contributed by atoms with E-state index < -0.39 is 0 Å². The van der Waals surface area contributed by atoms with Gasteiger partial charge in [-0.2, -0.15) is 0 Å². The summed E-state index contributed by atoms with van der Waals surface area (Å²) in [5.74, 6) is 4.01. The molecule has 31 heavy (non-hydrogen) atoms. The number of hydrogen-bond donors (Lipinski definition) is 1. The summed E-state index contributed by atoms with van der Waals surface area (Å²) in [7, 11) is 0. The van der Waals surface area contributed by atoms with E-state index in [1.807, 2.05) is 0 Å². The van der Waals surface area contributed by atoms with Crippen LogP contribution in [0.2, 0.25) is 0 Å². The Morgan fingerprint density at radius 3 is 2.35 bits per heavy atom. The Labute approximate surface area is 191 Å². The molecule has 1 heterocycles. The van der Waals surface area contributed by atoms with E-state index in [0.29, 0.717) is 33.7 Å². The maximum Gasteiger partial charge on any atom is 0.0892 e. The average Bonchev–Trinajstić information content (AvgIpc) is 3.53. The third-order valence-corrected chi connectivity index (χ3v) is 13.5. The molecule has 2 spiro atoms. The average molecular weight is 429 g/mol. The number of aliphatic hydroxyl groups excluding tert-OH is 1. The molecule has 2 nitrogen and oxygen atoms in total. The summed E-state index contributed by atoms with van der Waals surface area (Å²) in [5, 5.41) is 10.6. The number of aliphatic hydroxyl groups is 1. The van der Waals surface area contributed by atoms with Crippen LogP contribution in [0.25, 0.3) is 0 Å². The second kappa shape index (κ2) is 6.32. The first-order valence-corrected chi connectivity index (χ1v) is 13.9. The van der Waals surface area contributed by atoms with E-state index in [1.54, 1.807) is 0 Å². The molecule has 0 unspecified atom stereocenters. The van der Waals surface area contributed by atoms with Crippen LogP contribution in [0.3, 0.4) is 0 Å². The number of epoxide rings is 1. The summed E-state index contributed by atoms with van der Waals surface area (Å²) >= 11 is 0. The Bertz CT molecular complexity index is 760. The molecule has 5 saturated carbocycles. The van der Waals surface area contributed by atoms with E-state index >= 15 is 0 Å². The lowest BCUT2D eigenvalue weighted by atomic mass is 9.43. The molecule has 1 aliphatic heterocycles. The summed E-state index contributed by atoms with van der Waals surface area (Å²) < 4.78 is 5.91. The van der Waals surface area contributed by atoms with Crippen molar-refractivity contribution in [2.24, 2.45) is 51.2 Å². The minimum absolute atomic E-state index is 0.0357. The fraction of sp³-hybridized carbons (Fsp3) is 1.00. The van der Waals surface area contributed by atoms with Crippen LogP contribution in [0, 0.1) is 51.2 Å². The van der Waals surface area contributed by atoms with Gasteiger partial charge < -0.3 is 9.84 Å². The number of ether oxygens (including phenoxy) is 1. The molecule has 11 atom stereocenters. The van der Waals surface area contributed by atoms with Crippen LogP contribution < -0.4 is 0 Å². The summed E-state index contributed by atoms with van der Waals surface area (Å²) in [5.41, 5.74) is 2.46. The maximum absolute atomic E-state index is 10.6. The van der Waals surface area contributed by atoms with Gasteiger partial charge in [-0.3, -0.25) is 0 Å². The normalized spacial score (nSPS) is 59.7. The molecule has 0 bridgehead atoms. The van der Waals surface area contributed by atoms with Gasteiger partial charge in [0.2, 0.25) is 0 Å². The molecule has 0 aromatic heterocycles. The number of rotatable bonds is 4. The van der Waals surface area contributed by atoms with E-state index in [9.17, 15) is 5.11 Å². The third-order valence-electron chi connectivity index (χ3n) is 13.5. The van der Waals surface area contributed by atoms with Crippen molar-refractivity contribution < 1.29 is 9.84 Å². The summed E-state index contributed by atoms with van der Waals surface area (Å²) in [6.07, 6.45) is 15.7. The Morgan fingerprint density at radius 1 is 0.903 bits per heavy atom. The SMILES string of the molecule is C[C@H]1[C@H]2CC[C@@H]3[C@]4(CC[C@]5(C)[C@@H]([C@H](C)CC[C@H]6OC6(C)C)CC[C@@]35C)C[C@]24CC[C@@H]1O. The Morgan fingerprint density at radius 2 is 1.65 bits per heavy atom. The van der Waals surface area contributed by atoms with Gasteiger partial charge in [0.05, 0.1) is 17.8 Å². The molecule has 0 aromatic rings. The van der Waals surface area contributed by atoms with E-state index in [1.165, 1.54) is 64.2 Å². The molecular weight excluding hydrogens is 380 g/mol. The predicted molar refractivity (Wildman–Crippen MR) is 126 cm³/mol. The van der Waals surface area contributed by atoms with Gasteiger partial charge in [-0.25, -0.2) is 0 Å². The summed E-state index contributed by atoms with van der Waals surface area (Å²) in [6, 6.07) is 0. The van der Waals surface area contributed by atoms with Gasteiger partial charge in [0, 0.05) is 0 Å². The lowest BCUT2D eigenvalue weighted by Crippen LogP contribution is -2.55. The van der Waals surface area contributed by atoms with E-state index in [-0.39, 0.29) is 11.7 Å². The van der Waals surface area contributed by atoms with Crippen LogP contribution in [-0.4, -0.2) is 22.9 Å². The fourth-order valence-corrected chi connectivity index (χ4v) is 11.3. The monoisotopic (exact) mass is 428 g/mol. The highest BCUT2D eigenvalue weighted by atomic mass is 16.6. The van der Waals surface area contributed by atoms with Crippen molar-refractivity contribution in [1.29, 1.82) is 0 Å². The minimum atomic E-state index is -0.0357. The first kappa shape index (κ1) is 21.5. The van der Waals surface area contributed by atoms with Crippen LogP contribution >= 0.6 is 0 Å². The summed E-state index contributed by atoms with van der Waals surface area (Å²) in [6.45, 7) is 14.9. The molecule has 5 aliphatic carbocycles. The lowest BCUT2D eigenvalue weighted by Gasteiger charge is -2.62. The maximum atomic E-state index is 10.6. The molecule has 6 aliphatic rings. The highest BCUT2D eigenvalue weighted by molar-refractivity contribution is 5.29. The topological polar surface area (TPSA) is 32.8 Å². The van der Waals surface area contributed by atoms with E-state index in [0.717, 1.165) is 30.1 Å². The van der Waals surface area contributed by atoms with E-state index in [4.69, 9.17) is 4.74 Å². The van der Waals surface area contributed by atoms with Crippen LogP contribution in [0.5, 0.6) is 0 Å². The highest BCUT2D eigenvalue weighted by Gasteiger charge is 2.81. The molecule has 2 heteroatoms. The van der Waals surface area contributed by atoms with Crippen molar-refractivity contribution in [2.45, 2.75) is 130 Å². The molecule has 0 amide bonds. The molecule has 1 saturated heterocycles. The van der Waals surface area contributed by atoms with Gasteiger partial charge in [0.15, 0.2) is 0 Å². The Hall–Kier alpha value is -0.0800. The molecule has 176 valence electrons. The van der Waals surface area contributed by atoms with Gasteiger partial charge in [-0.05, 0) is 136 Å². The van der Waals surface area contributed by atoms with Crippen LogP contribution in [0.1, 0.15) is 112 Å². The second-order valence-electron chi connectivity index (χ2n) is 14.4. The first-order chi connectivity index (χ1) is 14.5. The third kappa shape index (κ3) is 2.53. The van der Waals surface area contributed by atoms with Crippen LogP contribution in [-0.2, 0) is 4.74 Å². The van der Waals surface area contributed by atoms with Gasteiger partial charge >= 0.3 is 0 Å². The van der Waals surface area contributed by atoms with Crippen LogP contribution in [0.15, 0.2) is 0 Å². The zero-order valence-corrected chi connectivity index (χ0v) is 21.2. The lowest BCUT2D eigenvalue weighted by molar-refractivity contribution is -0.142. The zero-order chi connectivity index (χ0) is 22.0. The Balaban J connectivity index is 1.23. The molecule has 6 fully saturated rings. The molecule has 1 N–H and O–H groups in total. The molecule has 0 aromatic carbocycles. The molecular formula is C29H48O2. The molecule has 6 rings (SSSR count). The van der Waals surface area contributed by atoms with Crippen LogP contribution in [0.4, 0.5) is 0 Å². The predicted octanol–water partition coefficient (Wildman–Crippen LogP) is 6.99. The summed E-state index contributed by atoms with van der Waals surface area (Å²) in [4.78, 5) is 0. The van der Waals surface area contributed by atoms with Gasteiger partial charge in [0.25, 0.3) is 0 Å². The van der Waals surface area contributed by atoms with Crippen molar-refractivity contribution in [2.75, 3.05) is 0 Å². The van der Waals surface area contributed by atoms with Gasteiger partial charge in [-0.1, -0.05) is 27.7 Å². The smallest absolute Gasteiger partial charge is 0.0892 e. The van der Waals surface area contributed by atoms with E-state index in [2.05, 4.69) is 41.5 Å². The van der Waals surface area contributed by atoms with Crippen molar-refractivity contribution in [3.63, 3.8) is 0 Å². The minimum Gasteiger partial charge on any atom is -0.393 e. The van der Waals surface area contributed by atoms with Gasteiger partial charge in [0.1, 0.15) is 0 Å². The number of fused-ring (bicyclic) bond motifs is 2. The van der Waals surface area contributed by atoms with Crippen molar-refractivity contribution in [3.8, 4) is 0 Å².